The molecule has 2 aromatic rings. The van der Waals surface area contributed by atoms with E-state index in [-0.39, 0.29) is 29.7 Å². The summed E-state index contributed by atoms with van der Waals surface area (Å²) in [6.45, 7) is 2.80. The molecule has 3 N–H and O–H groups in total. The molecule has 0 bridgehead atoms. The lowest BCUT2D eigenvalue weighted by atomic mass is 9.60. The smallest absolute Gasteiger partial charge is 0.315 e. The fourth-order valence-corrected chi connectivity index (χ4v) is 5.87. The van der Waals surface area contributed by atoms with E-state index in [1.165, 1.54) is 0 Å². The van der Waals surface area contributed by atoms with Crippen LogP contribution in [0.5, 0.6) is 0 Å². The van der Waals surface area contributed by atoms with Gasteiger partial charge < -0.3 is 16.0 Å². The maximum Gasteiger partial charge on any atom is 0.315 e. The van der Waals surface area contributed by atoms with E-state index >= 15 is 0 Å². The highest BCUT2D eigenvalue weighted by atomic mass is 35.5. The Balaban J connectivity index is 1.80. The topological polar surface area (TPSA) is 70.2 Å². The van der Waals surface area contributed by atoms with Crippen molar-refractivity contribution in [1.82, 2.24) is 16.0 Å². The Bertz CT molecular complexity index is 998. The van der Waals surface area contributed by atoms with E-state index in [1.807, 2.05) is 43.3 Å². The first-order chi connectivity index (χ1) is 14.9. The molecule has 1 aliphatic heterocycles. The zero-order valence-electron chi connectivity index (χ0n) is 17.1. The first-order valence-electron chi connectivity index (χ1n) is 10.4. The zero-order valence-corrected chi connectivity index (χ0v) is 19.3. The monoisotopic (exact) mass is 479 g/mol. The van der Waals surface area contributed by atoms with Crippen molar-refractivity contribution in [2.75, 3.05) is 13.1 Å². The first kappa shape index (κ1) is 22.3. The van der Waals surface area contributed by atoms with Crippen molar-refractivity contribution in [3.8, 4) is 0 Å². The van der Waals surface area contributed by atoms with Gasteiger partial charge in [0.2, 0.25) is 5.91 Å². The standard InChI is InChI=1S/C23H24Cl3N3O2/c1-2-27-22(31)29-23-10-9-17(16-8-7-15(25)11-19(16)26)20(18(23)12-28-21(23)30)13-3-5-14(24)6-4-13/h3-8,11,17-18,20H,2,9-10,12H2,1H3,(H,28,30)(H2,27,29,31)/t17-,18-,20-,23-/m0/s1. The number of hydrogen-bond donors (Lipinski definition) is 3. The summed E-state index contributed by atoms with van der Waals surface area (Å²) in [5, 5.41) is 10.6. The minimum absolute atomic E-state index is 0.0504. The van der Waals surface area contributed by atoms with E-state index in [2.05, 4.69) is 16.0 Å². The molecule has 1 heterocycles. The molecule has 0 aromatic heterocycles. The number of nitrogens with one attached hydrogen (secondary N) is 3. The summed E-state index contributed by atoms with van der Waals surface area (Å²) in [5.41, 5.74) is 1.08. The van der Waals surface area contributed by atoms with Crippen molar-refractivity contribution >= 4 is 46.7 Å². The Morgan fingerprint density at radius 3 is 2.52 bits per heavy atom. The molecule has 0 unspecified atom stereocenters. The number of amides is 3. The molecule has 0 radical (unpaired) electrons. The number of halogens is 3. The maximum atomic E-state index is 13.0. The molecule has 1 saturated carbocycles. The van der Waals surface area contributed by atoms with Gasteiger partial charge in [-0.05, 0) is 67.0 Å². The lowest BCUT2D eigenvalue weighted by Crippen LogP contribution is -2.62. The molecule has 3 amide bonds. The molecule has 2 aliphatic rings. The Morgan fingerprint density at radius 2 is 1.84 bits per heavy atom. The number of hydrogen-bond acceptors (Lipinski definition) is 2. The van der Waals surface area contributed by atoms with Gasteiger partial charge in [-0.15, -0.1) is 0 Å². The molecule has 1 aliphatic carbocycles. The van der Waals surface area contributed by atoms with Gasteiger partial charge in [0.05, 0.1) is 0 Å². The van der Waals surface area contributed by atoms with Crippen LogP contribution in [-0.2, 0) is 4.79 Å². The van der Waals surface area contributed by atoms with Crippen LogP contribution in [0.2, 0.25) is 15.1 Å². The van der Waals surface area contributed by atoms with Crippen LogP contribution in [0.15, 0.2) is 42.5 Å². The number of rotatable bonds is 4. The fraction of sp³-hybridized carbons (Fsp3) is 0.391. The van der Waals surface area contributed by atoms with Crippen LogP contribution in [0.25, 0.3) is 0 Å². The third-order valence-electron chi connectivity index (χ3n) is 6.53. The Labute approximate surface area is 196 Å². The highest BCUT2D eigenvalue weighted by Gasteiger charge is 2.58. The molecule has 5 nitrogen and oxygen atoms in total. The quantitative estimate of drug-likeness (QED) is 0.569. The van der Waals surface area contributed by atoms with Gasteiger partial charge in [0.25, 0.3) is 0 Å². The van der Waals surface area contributed by atoms with Crippen LogP contribution in [0.3, 0.4) is 0 Å². The average Bonchev–Trinajstić information content (AvgIpc) is 3.05. The molecular weight excluding hydrogens is 457 g/mol. The van der Waals surface area contributed by atoms with Crippen LogP contribution in [0, 0.1) is 5.92 Å². The number of carbonyl (C=O) groups is 2. The predicted octanol–water partition coefficient (Wildman–Crippen LogP) is 5.11. The van der Waals surface area contributed by atoms with Crippen molar-refractivity contribution in [2.24, 2.45) is 5.92 Å². The molecule has 4 rings (SSSR count). The lowest BCUT2D eigenvalue weighted by Gasteiger charge is -2.46. The van der Waals surface area contributed by atoms with Crippen LogP contribution in [-0.4, -0.2) is 30.6 Å². The highest BCUT2D eigenvalue weighted by molar-refractivity contribution is 6.35. The maximum absolute atomic E-state index is 13.0. The van der Waals surface area contributed by atoms with Crippen molar-refractivity contribution < 1.29 is 9.59 Å². The van der Waals surface area contributed by atoms with Gasteiger partial charge in [-0.3, -0.25) is 4.79 Å². The zero-order chi connectivity index (χ0) is 22.2. The van der Waals surface area contributed by atoms with Crippen LogP contribution in [0.4, 0.5) is 4.79 Å². The Kier molecular flexibility index (Phi) is 6.38. The van der Waals surface area contributed by atoms with Crippen molar-refractivity contribution in [1.29, 1.82) is 0 Å². The van der Waals surface area contributed by atoms with Crippen molar-refractivity contribution in [2.45, 2.75) is 37.1 Å². The summed E-state index contributed by atoms with van der Waals surface area (Å²) in [6.07, 6.45) is 1.21. The molecule has 31 heavy (non-hydrogen) atoms. The molecule has 2 fully saturated rings. The van der Waals surface area contributed by atoms with Gasteiger partial charge in [-0.2, -0.15) is 0 Å². The Morgan fingerprint density at radius 1 is 1.13 bits per heavy atom. The van der Waals surface area contributed by atoms with E-state index in [0.717, 1.165) is 11.1 Å². The van der Waals surface area contributed by atoms with Gasteiger partial charge in [0, 0.05) is 34.1 Å². The summed E-state index contributed by atoms with van der Waals surface area (Å²) in [5.74, 6) is -0.268. The number of fused-ring (bicyclic) bond motifs is 1. The average molecular weight is 481 g/mol. The second-order valence-corrected chi connectivity index (χ2v) is 9.44. The second kappa shape index (κ2) is 8.89. The molecule has 2 aromatic carbocycles. The molecule has 0 spiro atoms. The third-order valence-corrected chi connectivity index (χ3v) is 7.34. The van der Waals surface area contributed by atoms with E-state index in [0.29, 0.717) is 41.0 Å². The molecule has 1 saturated heterocycles. The van der Waals surface area contributed by atoms with E-state index < -0.39 is 5.54 Å². The van der Waals surface area contributed by atoms with Crippen molar-refractivity contribution in [3.05, 3.63) is 68.7 Å². The number of benzene rings is 2. The molecular formula is C23H24Cl3N3O2. The first-order valence-corrected chi connectivity index (χ1v) is 11.5. The summed E-state index contributed by atoms with van der Waals surface area (Å²) < 4.78 is 0. The van der Waals surface area contributed by atoms with E-state index in [4.69, 9.17) is 34.8 Å². The fourth-order valence-electron chi connectivity index (χ4n) is 5.20. The molecule has 4 atom stereocenters. The number of carbonyl (C=O) groups excluding carboxylic acids is 2. The van der Waals surface area contributed by atoms with Gasteiger partial charge in [0.1, 0.15) is 5.54 Å². The molecule has 164 valence electrons. The summed E-state index contributed by atoms with van der Waals surface area (Å²) in [4.78, 5) is 25.5. The number of urea groups is 1. The van der Waals surface area contributed by atoms with Crippen LogP contribution in [0.1, 0.15) is 42.7 Å². The third kappa shape index (κ3) is 4.11. The SMILES string of the molecule is CCNC(=O)N[C@@]12CC[C@@H](c3ccc(Cl)cc3Cl)[C@H](c3ccc(Cl)cc3)[C@@H]1CNC2=O. The van der Waals surface area contributed by atoms with Crippen LogP contribution < -0.4 is 16.0 Å². The normalized spacial score (nSPS) is 27.4. The lowest BCUT2D eigenvalue weighted by molar-refractivity contribution is -0.126. The van der Waals surface area contributed by atoms with Gasteiger partial charge in [-0.1, -0.05) is 53.0 Å². The molecule has 8 heteroatoms. The highest BCUT2D eigenvalue weighted by Crippen LogP contribution is 2.54. The van der Waals surface area contributed by atoms with E-state index in [9.17, 15) is 9.59 Å². The van der Waals surface area contributed by atoms with Gasteiger partial charge in [0.15, 0.2) is 0 Å². The largest absolute Gasteiger partial charge is 0.354 e. The van der Waals surface area contributed by atoms with Crippen LogP contribution >= 0.6 is 34.8 Å². The van der Waals surface area contributed by atoms with Gasteiger partial charge >= 0.3 is 6.03 Å². The summed E-state index contributed by atoms with van der Waals surface area (Å²) in [6, 6.07) is 12.9. The summed E-state index contributed by atoms with van der Waals surface area (Å²) in [7, 11) is 0. The van der Waals surface area contributed by atoms with Crippen molar-refractivity contribution in [3.63, 3.8) is 0 Å². The van der Waals surface area contributed by atoms with E-state index in [1.54, 1.807) is 6.07 Å². The minimum Gasteiger partial charge on any atom is -0.354 e. The second-order valence-electron chi connectivity index (χ2n) is 8.16. The predicted molar refractivity (Wildman–Crippen MR) is 124 cm³/mol. The van der Waals surface area contributed by atoms with Gasteiger partial charge in [-0.25, -0.2) is 4.79 Å². The Hall–Kier alpha value is -1.95. The minimum atomic E-state index is -0.973. The summed E-state index contributed by atoms with van der Waals surface area (Å²) >= 11 is 18.9.